The second-order valence-electron chi connectivity index (χ2n) is 4.67. The number of methoxy groups -OCH3 is 1. The standard InChI is InChI=1S/C14H12N2O5S/c1-6-15-12-11-9(5-8(20-2)13(12)21-6)22-14(16-11)7(17)3-4-10(18)19/h5H,3-4H2,1-2H3,(H,18,19). The van der Waals surface area contributed by atoms with E-state index in [1.807, 2.05) is 0 Å². The Kier molecular flexibility index (Phi) is 3.53. The smallest absolute Gasteiger partial charge is 0.303 e. The molecule has 0 spiro atoms. The Labute approximate surface area is 128 Å². The van der Waals surface area contributed by atoms with Crippen molar-refractivity contribution in [3.63, 3.8) is 0 Å². The Hall–Kier alpha value is -2.48. The fourth-order valence-corrected chi connectivity index (χ4v) is 3.10. The topological polar surface area (TPSA) is 103 Å². The van der Waals surface area contributed by atoms with Crippen molar-refractivity contribution < 1.29 is 23.8 Å². The minimum atomic E-state index is -1.01. The van der Waals surface area contributed by atoms with Gasteiger partial charge in [-0.25, -0.2) is 9.97 Å². The quantitative estimate of drug-likeness (QED) is 0.721. The number of rotatable bonds is 5. The van der Waals surface area contributed by atoms with Crippen LogP contribution in [0, 0.1) is 6.92 Å². The summed E-state index contributed by atoms with van der Waals surface area (Å²) in [5.41, 5.74) is 1.60. The molecule has 0 saturated carbocycles. The molecule has 0 unspecified atom stereocenters. The van der Waals surface area contributed by atoms with Gasteiger partial charge in [0.05, 0.1) is 18.2 Å². The van der Waals surface area contributed by atoms with Crippen molar-refractivity contribution in [2.24, 2.45) is 0 Å². The monoisotopic (exact) mass is 320 g/mol. The van der Waals surface area contributed by atoms with Gasteiger partial charge in [-0.3, -0.25) is 9.59 Å². The number of fused-ring (bicyclic) bond motifs is 3. The van der Waals surface area contributed by atoms with Gasteiger partial charge >= 0.3 is 5.97 Å². The van der Waals surface area contributed by atoms with Crippen LogP contribution in [0.1, 0.15) is 28.5 Å². The van der Waals surface area contributed by atoms with Crippen LogP contribution >= 0.6 is 11.3 Å². The van der Waals surface area contributed by atoms with E-state index in [0.717, 1.165) is 4.70 Å². The number of oxazole rings is 1. The van der Waals surface area contributed by atoms with Crippen molar-refractivity contribution in [2.75, 3.05) is 7.11 Å². The van der Waals surface area contributed by atoms with Gasteiger partial charge in [0.25, 0.3) is 0 Å². The van der Waals surface area contributed by atoms with Crippen molar-refractivity contribution in [1.29, 1.82) is 0 Å². The summed E-state index contributed by atoms with van der Waals surface area (Å²) >= 11 is 1.20. The summed E-state index contributed by atoms with van der Waals surface area (Å²) in [7, 11) is 1.53. The highest BCUT2D eigenvalue weighted by Crippen LogP contribution is 2.36. The molecule has 0 bridgehead atoms. The molecule has 0 aliphatic carbocycles. The lowest BCUT2D eigenvalue weighted by Gasteiger charge is -1.99. The molecule has 2 aromatic heterocycles. The molecule has 2 heterocycles. The zero-order chi connectivity index (χ0) is 15.9. The fraction of sp³-hybridized carbons (Fsp3) is 0.286. The minimum absolute atomic E-state index is 0.0761. The maximum Gasteiger partial charge on any atom is 0.303 e. The first-order valence-electron chi connectivity index (χ1n) is 6.49. The molecule has 0 atom stereocenters. The third-order valence-electron chi connectivity index (χ3n) is 3.12. The first kappa shape index (κ1) is 14.5. The molecule has 8 heteroatoms. The lowest BCUT2D eigenvalue weighted by molar-refractivity contribution is -0.136. The van der Waals surface area contributed by atoms with Gasteiger partial charge in [0.15, 0.2) is 28.0 Å². The summed E-state index contributed by atoms with van der Waals surface area (Å²) < 4.78 is 11.5. The zero-order valence-corrected chi connectivity index (χ0v) is 12.7. The number of carboxylic acids is 1. The van der Waals surface area contributed by atoms with Crippen LogP contribution in [0.2, 0.25) is 0 Å². The van der Waals surface area contributed by atoms with Crippen LogP contribution in [-0.4, -0.2) is 33.9 Å². The van der Waals surface area contributed by atoms with Gasteiger partial charge in [0.1, 0.15) is 11.0 Å². The fourth-order valence-electron chi connectivity index (χ4n) is 2.14. The lowest BCUT2D eigenvalue weighted by atomic mass is 10.2. The zero-order valence-electron chi connectivity index (χ0n) is 11.9. The summed E-state index contributed by atoms with van der Waals surface area (Å²) in [6, 6.07) is 1.74. The van der Waals surface area contributed by atoms with Crippen molar-refractivity contribution in [3.05, 3.63) is 17.0 Å². The van der Waals surface area contributed by atoms with E-state index in [9.17, 15) is 9.59 Å². The number of ether oxygens (including phenoxy) is 1. The SMILES string of the molecule is COc1cc2sc(C(=O)CCC(=O)O)nc2c2nc(C)oc12. The van der Waals surface area contributed by atoms with Crippen molar-refractivity contribution in [1.82, 2.24) is 9.97 Å². The first-order chi connectivity index (χ1) is 10.5. The maximum absolute atomic E-state index is 12.0. The predicted octanol–water partition coefficient (Wildman–Crippen LogP) is 2.80. The van der Waals surface area contributed by atoms with Gasteiger partial charge in [-0.1, -0.05) is 0 Å². The van der Waals surface area contributed by atoms with Crippen LogP contribution in [0.25, 0.3) is 21.3 Å². The highest BCUT2D eigenvalue weighted by molar-refractivity contribution is 7.20. The summed E-state index contributed by atoms with van der Waals surface area (Å²) in [5.74, 6) is -0.301. The molecular weight excluding hydrogens is 308 g/mol. The van der Waals surface area contributed by atoms with Crippen molar-refractivity contribution >= 4 is 44.4 Å². The third-order valence-corrected chi connectivity index (χ3v) is 4.17. The van der Waals surface area contributed by atoms with Crippen LogP contribution in [0.15, 0.2) is 10.5 Å². The first-order valence-corrected chi connectivity index (χ1v) is 7.31. The van der Waals surface area contributed by atoms with E-state index in [1.165, 1.54) is 18.4 Å². The van der Waals surface area contributed by atoms with E-state index in [2.05, 4.69) is 9.97 Å². The highest BCUT2D eigenvalue weighted by atomic mass is 32.1. The Morgan fingerprint density at radius 1 is 1.32 bits per heavy atom. The number of Topliss-reactive ketones (excluding diaryl/α,β-unsaturated/α-hetero) is 1. The predicted molar refractivity (Wildman–Crippen MR) is 79.7 cm³/mol. The molecule has 0 fully saturated rings. The van der Waals surface area contributed by atoms with E-state index in [4.69, 9.17) is 14.3 Å². The number of aryl methyl sites for hydroxylation is 1. The number of hydrogen-bond donors (Lipinski definition) is 1. The molecule has 22 heavy (non-hydrogen) atoms. The van der Waals surface area contributed by atoms with E-state index in [1.54, 1.807) is 13.0 Å². The van der Waals surface area contributed by atoms with Crippen LogP contribution < -0.4 is 4.74 Å². The Bertz CT molecular complexity index is 896. The van der Waals surface area contributed by atoms with E-state index in [-0.39, 0.29) is 23.6 Å². The molecule has 0 saturated heterocycles. The minimum Gasteiger partial charge on any atom is -0.493 e. The lowest BCUT2D eigenvalue weighted by Crippen LogP contribution is -2.03. The summed E-state index contributed by atoms with van der Waals surface area (Å²) in [6.45, 7) is 1.72. The molecule has 114 valence electrons. The number of aliphatic carboxylic acids is 1. The average molecular weight is 320 g/mol. The van der Waals surface area contributed by atoms with E-state index in [0.29, 0.717) is 28.3 Å². The van der Waals surface area contributed by atoms with Gasteiger partial charge in [-0.05, 0) is 0 Å². The summed E-state index contributed by atoms with van der Waals surface area (Å²) in [4.78, 5) is 31.2. The largest absolute Gasteiger partial charge is 0.493 e. The van der Waals surface area contributed by atoms with E-state index >= 15 is 0 Å². The van der Waals surface area contributed by atoms with Crippen LogP contribution in [0.4, 0.5) is 0 Å². The normalized spacial score (nSPS) is 11.2. The highest BCUT2D eigenvalue weighted by Gasteiger charge is 2.20. The Morgan fingerprint density at radius 3 is 2.77 bits per heavy atom. The molecule has 7 nitrogen and oxygen atoms in total. The van der Waals surface area contributed by atoms with Crippen LogP contribution in [-0.2, 0) is 4.79 Å². The van der Waals surface area contributed by atoms with Gasteiger partial charge in [-0.15, -0.1) is 11.3 Å². The Balaban J connectivity index is 2.11. The van der Waals surface area contributed by atoms with Gasteiger partial charge in [-0.2, -0.15) is 0 Å². The van der Waals surface area contributed by atoms with Crippen molar-refractivity contribution in [2.45, 2.75) is 19.8 Å². The molecule has 3 rings (SSSR count). The number of carbonyl (C=O) groups is 2. The number of ketones is 1. The van der Waals surface area contributed by atoms with Gasteiger partial charge in [0, 0.05) is 19.4 Å². The summed E-state index contributed by atoms with van der Waals surface area (Å²) in [6.07, 6.45) is -0.288. The van der Waals surface area contributed by atoms with Gasteiger partial charge in [0.2, 0.25) is 0 Å². The number of carboxylic acid groups (broad SMARTS) is 1. The maximum atomic E-state index is 12.0. The number of aromatic nitrogens is 2. The molecule has 1 aromatic carbocycles. The van der Waals surface area contributed by atoms with Crippen molar-refractivity contribution in [3.8, 4) is 5.75 Å². The van der Waals surface area contributed by atoms with E-state index < -0.39 is 5.97 Å². The number of hydrogen-bond acceptors (Lipinski definition) is 7. The Morgan fingerprint density at radius 2 is 2.09 bits per heavy atom. The molecule has 0 aliphatic rings. The average Bonchev–Trinajstić information content (AvgIpc) is 3.06. The number of thiazole rings is 1. The second kappa shape index (κ2) is 5.38. The number of nitrogens with zero attached hydrogens (tertiary/aromatic N) is 2. The molecule has 0 amide bonds. The second-order valence-corrected chi connectivity index (χ2v) is 5.70. The molecule has 0 aliphatic heterocycles. The molecular formula is C14H12N2O5S. The molecule has 3 aromatic rings. The third kappa shape index (κ3) is 2.41. The molecule has 0 radical (unpaired) electrons. The van der Waals surface area contributed by atoms with Crippen LogP contribution in [0.5, 0.6) is 5.75 Å². The van der Waals surface area contributed by atoms with Gasteiger partial charge < -0.3 is 14.3 Å². The number of carbonyl (C=O) groups excluding carboxylic acids is 1. The van der Waals surface area contributed by atoms with Crippen LogP contribution in [0.3, 0.4) is 0 Å². The molecule has 1 N–H and O–H groups in total. The number of benzene rings is 1. The summed E-state index contributed by atoms with van der Waals surface area (Å²) in [5, 5.41) is 8.92.